The maximum Gasteiger partial charge on any atom is 0.408 e. The maximum absolute atomic E-state index is 13.8. The molecule has 5 nitrogen and oxygen atoms in total. The molecule has 0 aromatic rings. The Kier molecular flexibility index (Phi) is 7.24. The molecular formula is C14H24FNO4. The monoisotopic (exact) mass is 289 g/mol. The fourth-order valence-corrected chi connectivity index (χ4v) is 1.28. The number of alkyl carbamates (subject to hydrolysis) is 1. The first kappa shape index (κ1) is 18.4. The molecule has 1 N–H and O–H groups in total. The van der Waals surface area contributed by atoms with E-state index in [1.807, 2.05) is 0 Å². The van der Waals surface area contributed by atoms with Crippen LogP contribution in [0.3, 0.4) is 0 Å². The molecule has 6 heteroatoms. The molecule has 0 aliphatic heterocycles. The van der Waals surface area contributed by atoms with E-state index in [2.05, 4.69) is 5.32 Å². The van der Waals surface area contributed by atoms with Gasteiger partial charge in [0.15, 0.2) is 0 Å². The third kappa shape index (κ3) is 7.76. The van der Waals surface area contributed by atoms with Crippen molar-refractivity contribution in [2.24, 2.45) is 5.92 Å². The lowest BCUT2D eigenvalue weighted by Gasteiger charge is -2.21. The fraction of sp³-hybridized carbons (Fsp3) is 0.714. The SMILES string of the molecule is CCOC(=O)[C@H](C)/C=C(\F)[C@@H](C)NC(=O)OC(C)(C)C. The van der Waals surface area contributed by atoms with Crippen molar-refractivity contribution in [2.45, 2.75) is 53.2 Å². The van der Waals surface area contributed by atoms with Gasteiger partial charge in [0.1, 0.15) is 11.4 Å². The van der Waals surface area contributed by atoms with Gasteiger partial charge in [-0.25, -0.2) is 9.18 Å². The zero-order chi connectivity index (χ0) is 15.9. The second-order valence-electron chi connectivity index (χ2n) is 5.46. The Morgan fingerprint density at radius 1 is 1.30 bits per heavy atom. The van der Waals surface area contributed by atoms with Gasteiger partial charge in [0.05, 0.1) is 18.6 Å². The molecule has 2 atom stereocenters. The van der Waals surface area contributed by atoms with Crippen LogP contribution >= 0.6 is 0 Å². The predicted molar refractivity (Wildman–Crippen MR) is 73.8 cm³/mol. The van der Waals surface area contributed by atoms with Crippen molar-refractivity contribution in [3.8, 4) is 0 Å². The standard InChI is InChI=1S/C14H24FNO4/c1-7-19-12(17)9(2)8-11(15)10(3)16-13(18)20-14(4,5)6/h8-10H,7H2,1-6H3,(H,16,18)/b11-8-/t9-,10-/m1/s1. The summed E-state index contributed by atoms with van der Waals surface area (Å²) in [5.74, 6) is -1.83. The average molecular weight is 289 g/mol. The lowest BCUT2D eigenvalue weighted by molar-refractivity contribution is -0.145. The summed E-state index contributed by atoms with van der Waals surface area (Å²) >= 11 is 0. The van der Waals surface area contributed by atoms with Gasteiger partial charge in [-0.3, -0.25) is 4.79 Å². The summed E-state index contributed by atoms with van der Waals surface area (Å²) in [6.45, 7) is 10.1. The highest BCUT2D eigenvalue weighted by Crippen LogP contribution is 2.12. The summed E-state index contributed by atoms with van der Waals surface area (Å²) in [4.78, 5) is 22.8. The Morgan fingerprint density at radius 3 is 2.30 bits per heavy atom. The van der Waals surface area contributed by atoms with Crippen LogP contribution in [-0.2, 0) is 14.3 Å². The van der Waals surface area contributed by atoms with Crippen LogP contribution in [0.25, 0.3) is 0 Å². The number of rotatable bonds is 5. The number of esters is 1. The number of carbonyl (C=O) groups is 2. The van der Waals surface area contributed by atoms with Crippen molar-refractivity contribution in [2.75, 3.05) is 6.61 Å². The zero-order valence-corrected chi connectivity index (χ0v) is 13.0. The number of hydrogen-bond donors (Lipinski definition) is 1. The molecule has 0 unspecified atom stereocenters. The van der Waals surface area contributed by atoms with Crippen molar-refractivity contribution >= 4 is 12.1 Å². The molecular weight excluding hydrogens is 265 g/mol. The second kappa shape index (κ2) is 7.87. The average Bonchev–Trinajstić information content (AvgIpc) is 2.26. The summed E-state index contributed by atoms with van der Waals surface area (Å²) in [6, 6.07) is -0.873. The highest BCUT2D eigenvalue weighted by atomic mass is 19.1. The van der Waals surface area contributed by atoms with E-state index in [9.17, 15) is 14.0 Å². The van der Waals surface area contributed by atoms with Crippen molar-refractivity contribution in [3.63, 3.8) is 0 Å². The third-order valence-electron chi connectivity index (χ3n) is 2.21. The maximum atomic E-state index is 13.8. The van der Waals surface area contributed by atoms with E-state index in [1.54, 1.807) is 27.7 Å². The number of amides is 1. The van der Waals surface area contributed by atoms with Crippen molar-refractivity contribution in [1.82, 2.24) is 5.32 Å². The number of ether oxygens (including phenoxy) is 2. The van der Waals surface area contributed by atoms with Crippen LogP contribution < -0.4 is 5.32 Å². The minimum atomic E-state index is -0.873. The highest BCUT2D eigenvalue weighted by Gasteiger charge is 2.20. The minimum absolute atomic E-state index is 0.240. The van der Waals surface area contributed by atoms with Crippen LogP contribution in [0.4, 0.5) is 9.18 Å². The Labute approximate surface area is 119 Å². The Morgan fingerprint density at radius 2 is 1.85 bits per heavy atom. The Bertz CT molecular complexity index is 374. The van der Waals surface area contributed by atoms with Crippen molar-refractivity contribution < 1.29 is 23.5 Å². The summed E-state index contributed by atoms with van der Waals surface area (Å²) in [5, 5.41) is 2.36. The topological polar surface area (TPSA) is 64.6 Å². The van der Waals surface area contributed by atoms with E-state index in [-0.39, 0.29) is 6.61 Å². The molecule has 0 saturated carbocycles. The summed E-state index contributed by atoms with van der Waals surface area (Å²) in [5.41, 5.74) is -0.651. The van der Waals surface area contributed by atoms with Gasteiger partial charge in [-0.15, -0.1) is 0 Å². The van der Waals surface area contributed by atoms with Gasteiger partial charge in [-0.05, 0) is 47.6 Å². The van der Waals surface area contributed by atoms with E-state index < -0.39 is 35.5 Å². The molecule has 0 aliphatic carbocycles. The molecule has 0 fully saturated rings. The first-order valence-corrected chi connectivity index (χ1v) is 6.60. The van der Waals surface area contributed by atoms with E-state index >= 15 is 0 Å². The largest absolute Gasteiger partial charge is 0.466 e. The molecule has 1 amide bonds. The van der Waals surface area contributed by atoms with Gasteiger partial charge in [0.2, 0.25) is 0 Å². The number of carbonyl (C=O) groups excluding carboxylic acids is 2. The minimum Gasteiger partial charge on any atom is -0.466 e. The van der Waals surface area contributed by atoms with E-state index in [0.717, 1.165) is 6.08 Å². The normalized spacial score (nSPS) is 15.2. The van der Waals surface area contributed by atoms with Crippen molar-refractivity contribution in [3.05, 3.63) is 11.9 Å². The summed E-state index contributed by atoms with van der Waals surface area (Å²) in [7, 11) is 0. The second-order valence-corrected chi connectivity index (χ2v) is 5.46. The van der Waals surface area contributed by atoms with E-state index in [1.165, 1.54) is 13.8 Å². The zero-order valence-electron chi connectivity index (χ0n) is 13.0. The van der Waals surface area contributed by atoms with Gasteiger partial charge in [0, 0.05) is 0 Å². The smallest absolute Gasteiger partial charge is 0.408 e. The molecule has 0 bridgehead atoms. The van der Waals surface area contributed by atoms with Crippen LogP contribution in [0.1, 0.15) is 41.5 Å². The molecule has 0 heterocycles. The highest BCUT2D eigenvalue weighted by molar-refractivity contribution is 5.74. The molecule has 0 saturated heterocycles. The predicted octanol–water partition coefficient (Wildman–Crippen LogP) is 2.95. The molecule has 0 aromatic heterocycles. The van der Waals surface area contributed by atoms with E-state index in [0.29, 0.717) is 0 Å². The molecule has 20 heavy (non-hydrogen) atoms. The van der Waals surface area contributed by atoms with E-state index in [4.69, 9.17) is 9.47 Å². The Hall–Kier alpha value is -1.59. The van der Waals surface area contributed by atoms with Gasteiger partial charge >= 0.3 is 12.1 Å². The van der Waals surface area contributed by atoms with Gasteiger partial charge < -0.3 is 14.8 Å². The molecule has 0 radical (unpaired) electrons. The first-order chi connectivity index (χ1) is 9.06. The van der Waals surface area contributed by atoms with Crippen LogP contribution in [0, 0.1) is 5.92 Å². The first-order valence-electron chi connectivity index (χ1n) is 6.60. The van der Waals surface area contributed by atoms with Crippen LogP contribution in [0.2, 0.25) is 0 Å². The van der Waals surface area contributed by atoms with Crippen LogP contribution in [-0.4, -0.2) is 30.3 Å². The molecule has 0 aromatic carbocycles. The lowest BCUT2D eigenvalue weighted by Crippen LogP contribution is -2.38. The lowest BCUT2D eigenvalue weighted by atomic mass is 10.1. The summed E-state index contributed by atoms with van der Waals surface area (Å²) < 4.78 is 23.6. The fourth-order valence-electron chi connectivity index (χ4n) is 1.28. The quantitative estimate of drug-likeness (QED) is 0.790. The Balaban J connectivity index is 4.50. The number of nitrogens with one attached hydrogen (secondary N) is 1. The molecule has 0 aliphatic rings. The van der Waals surface area contributed by atoms with Gasteiger partial charge in [0.25, 0.3) is 0 Å². The molecule has 116 valence electrons. The third-order valence-corrected chi connectivity index (χ3v) is 2.21. The number of hydrogen-bond acceptors (Lipinski definition) is 4. The van der Waals surface area contributed by atoms with Crippen LogP contribution in [0.15, 0.2) is 11.9 Å². The van der Waals surface area contributed by atoms with Crippen LogP contribution in [0.5, 0.6) is 0 Å². The molecule has 0 rings (SSSR count). The molecule has 0 spiro atoms. The van der Waals surface area contributed by atoms with Gasteiger partial charge in [-0.2, -0.15) is 0 Å². The summed E-state index contributed by atoms with van der Waals surface area (Å²) in [6.07, 6.45) is 0.414. The van der Waals surface area contributed by atoms with Crippen molar-refractivity contribution in [1.29, 1.82) is 0 Å². The number of halogens is 1. The van der Waals surface area contributed by atoms with Gasteiger partial charge in [-0.1, -0.05) is 0 Å².